The highest BCUT2D eigenvalue weighted by Gasteiger charge is 2.21. The number of nitrogens with two attached hydrogens (primary N) is 1. The van der Waals surface area contributed by atoms with Crippen LogP contribution in [0.25, 0.3) is 0 Å². The molecule has 9 heteroatoms. The molecule has 0 aliphatic carbocycles. The maximum Gasteiger partial charge on any atom is 0.243 e. The van der Waals surface area contributed by atoms with Crippen molar-refractivity contribution in [2.24, 2.45) is 0 Å². The van der Waals surface area contributed by atoms with Crippen molar-refractivity contribution >= 4 is 47.6 Å². The zero-order chi connectivity index (χ0) is 14.0. The van der Waals surface area contributed by atoms with Crippen molar-refractivity contribution in [3.05, 3.63) is 39.3 Å². The largest absolute Gasteiger partial charge is 0.399 e. The van der Waals surface area contributed by atoms with Crippen LogP contribution in [0.3, 0.4) is 0 Å². The van der Waals surface area contributed by atoms with Crippen LogP contribution < -0.4 is 10.5 Å². The molecule has 0 aliphatic rings. The molecule has 19 heavy (non-hydrogen) atoms. The lowest BCUT2D eigenvalue weighted by molar-refractivity contribution is 0.578. The number of nitrogens with zero attached hydrogens (tertiary/aromatic N) is 1. The summed E-state index contributed by atoms with van der Waals surface area (Å²) in [5.41, 5.74) is 6.09. The van der Waals surface area contributed by atoms with Crippen molar-refractivity contribution < 1.29 is 8.42 Å². The number of nitrogens with one attached hydrogen (secondary N) is 2. The number of H-pyrrole nitrogens is 1. The van der Waals surface area contributed by atoms with E-state index in [1.54, 1.807) is 12.4 Å². The molecule has 6 nitrogen and oxygen atoms in total. The summed E-state index contributed by atoms with van der Waals surface area (Å²) in [6, 6.07) is 3.07. The average molecular weight is 410 g/mol. The first kappa shape index (κ1) is 14.5. The highest BCUT2D eigenvalue weighted by atomic mass is 79.9. The van der Waals surface area contributed by atoms with Gasteiger partial charge in [-0.3, -0.25) is 0 Å². The molecular weight excluding hydrogens is 400 g/mol. The van der Waals surface area contributed by atoms with E-state index >= 15 is 0 Å². The normalized spacial score (nSPS) is 11.7. The fourth-order valence-corrected chi connectivity index (χ4v) is 5.07. The molecule has 0 saturated heterocycles. The Morgan fingerprint density at radius 1 is 1.32 bits per heavy atom. The van der Waals surface area contributed by atoms with Gasteiger partial charge < -0.3 is 10.7 Å². The van der Waals surface area contributed by atoms with Gasteiger partial charge in [0, 0.05) is 27.0 Å². The van der Waals surface area contributed by atoms with Crippen LogP contribution in [-0.2, 0) is 16.6 Å². The SMILES string of the molecule is Nc1cc(Br)c(S(=O)(=O)NCc2ncc[nH]2)c(Br)c1. The number of aromatic amines is 1. The van der Waals surface area contributed by atoms with E-state index in [1.807, 2.05) is 0 Å². The van der Waals surface area contributed by atoms with E-state index in [-0.39, 0.29) is 11.4 Å². The van der Waals surface area contributed by atoms with E-state index in [1.165, 1.54) is 12.1 Å². The van der Waals surface area contributed by atoms with Crippen molar-refractivity contribution in [3.8, 4) is 0 Å². The molecule has 0 saturated carbocycles. The Balaban J connectivity index is 2.29. The van der Waals surface area contributed by atoms with E-state index in [9.17, 15) is 8.42 Å². The van der Waals surface area contributed by atoms with Crippen LogP contribution in [0.4, 0.5) is 5.69 Å². The average Bonchev–Trinajstić information content (AvgIpc) is 2.77. The number of aromatic nitrogens is 2. The van der Waals surface area contributed by atoms with Gasteiger partial charge in [-0.2, -0.15) is 0 Å². The van der Waals surface area contributed by atoms with E-state index < -0.39 is 10.0 Å². The molecule has 0 radical (unpaired) electrons. The summed E-state index contributed by atoms with van der Waals surface area (Å²) in [7, 11) is -3.67. The van der Waals surface area contributed by atoms with Gasteiger partial charge in [0.1, 0.15) is 10.7 Å². The van der Waals surface area contributed by atoms with Gasteiger partial charge >= 0.3 is 0 Å². The molecule has 1 heterocycles. The number of hydrogen-bond acceptors (Lipinski definition) is 4. The van der Waals surface area contributed by atoms with Crippen molar-refractivity contribution in [2.45, 2.75) is 11.4 Å². The van der Waals surface area contributed by atoms with Gasteiger partial charge in [0.15, 0.2) is 0 Å². The highest BCUT2D eigenvalue weighted by Crippen LogP contribution is 2.32. The number of rotatable bonds is 4. The summed E-state index contributed by atoms with van der Waals surface area (Å²) < 4.78 is 27.7. The van der Waals surface area contributed by atoms with Crippen LogP contribution in [-0.4, -0.2) is 18.4 Å². The predicted octanol–water partition coefficient (Wildman–Crippen LogP) is 2.00. The molecule has 0 unspecified atom stereocenters. The number of sulfonamides is 1. The first-order chi connectivity index (χ1) is 8.90. The van der Waals surface area contributed by atoms with E-state index in [4.69, 9.17) is 5.73 Å². The van der Waals surface area contributed by atoms with Crippen LogP contribution in [0.2, 0.25) is 0 Å². The molecule has 0 spiro atoms. The Morgan fingerprint density at radius 2 is 1.95 bits per heavy atom. The predicted molar refractivity (Wildman–Crippen MR) is 78.9 cm³/mol. The molecule has 102 valence electrons. The molecule has 1 aromatic carbocycles. The van der Waals surface area contributed by atoms with Crippen LogP contribution in [0.15, 0.2) is 38.4 Å². The van der Waals surface area contributed by atoms with E-state index in [2.05, 4.69) is 46.5 Å². The quantitative estimate of drug-likeness (QED) is 0.672. The summed E-state index contributed by atoms with van der Waals surface area (Å²) in [5, 5.41) is 0. The van der Waals surface area contributed by atoms with Gasteiger partial charge in [-0.05, 0) is 44.0 Å². The molecule has 0 amide bonds. The Hall–Kier alpha value is -0.900. The molecule has 2 rings (SSSR count). The zero-order valence-electron chi connectivity index (χ0n) is 9.52. The minimum Gasteiger partial charge on any atom is -0.399 e. The molecule has 0 atom stereocenters. The lowest BCUT2D eigenvalue weighted by atomic mass is 10.3. The highest BCUT2D eigenvalue weighted by molar-refractivity contribution is 9.11. The first-order valence-corrected chi connectivity index (χ1v) is 8.19. The van der Waals surface area contributed by atoms with E-state index in [0.29, 0.717) is 20.5 Å². The molecule has 4 N–H and O–H groups in total. The van der Waals surface area contributed by atoms with Gasteiger partial charge in [-0.15, -0.1) is 0 Å². The van der Waals surface area contributed by atoms with Crippen molar-refractivity contribution in [3.63, 3.8) is 0 Å². The van der Waals surface area contributed by atoms with Crippen molar-refractivity contribution in [1.82, 2.24) is 14.7 Å². The monoisotopic (exact) mass is 408 g/mol. The number of hydrogen-bond donors (Lipinski definition) is 3. The Labute approximate surface area is 127 Å². The third-order valence-corrected chi connectivity index (χ3v) is 5.55. The fourth-order valence-electron chi connectivity index (χ4n) is 1.47. The minimum atomic E-state index is -3.67. The number of anilines is 1. The first-order valence-electron chi connectivity index (χ1n) is 5.12. The second kappa shape index (κ2) is 5.61. The summed E-state index contributed by atoms with van der Waals surface area (Å²) in [6.45, 7) is 0.0819. The molecule has 2 aromatic rings. The van der Waals surface area contributed by atoms with Gasteiger partial charge in [0.25, 0.3) is 0 Å². The Bertz CT molecular complexity index is 663. The second-order valence-corrected chi connectivity index (χ2v) is 7.09. The molecule has 0 bridgehead atoms. The smallest absolute Gasteiger partial charge is 0.243 e. The van der Waals surface area contributed by atoms with Crippen LogP contribution in [0.1, 0.15) is 5.82 Å². The Morgan fingerprint density at radius 3 is 2.47 bits per heavy atom. The number of nitrogen functional groups attached to an aromatic ring is 1. The van der Waals surface area contributed by atoms with Gasteiger partial charge in [0.05, 0.1) is 6.54 Å². The van der Waals surface area contributed by atoms with Gasteiger partial charge in [0.2, 0.25) is 10.0 Å². The number of imidazole rings is 1. The lowest BCUT2D eigenvalue weighted by Crippen LogP contribution is -2.24. The third-order valence-electron chi connectivity index (χ3n) is 2.27. The van der Waals surface area contributed by atoms with E-state index in [0.717, 1.165) is 0 Å². The van der Waals surface area contributed by atoms with Gasteiger partial charge in [-0.25, -0.2) is 18.1 Å². The van der Waals surface area contributed by atoms with Crippen LogP contribution in [0, 0.1) is 0 Å². The van der Waals surface area contributed by atoms with Crippen molar-refractivity contribution in [2.75, 3.05) is 5.73 Å². The number of benzene rings is 1. The summed E-state index contributed by atoms with van der Waals surface area (Å²) in [4.78, 5) is 6.87. The summed E-state index contributed by atoms with van der Waals surface area (Å²) >= 11 is 6.40. The number of halogens is 2. The van der Waals surface area contributed by atoms with Gasteiger partial charge in [-0.1, -0.05) is 0 Å². The Kier molecular flexibility index (Phi) is 4.29. The minimum absolute atomic E-state index is 0.0819. The molecule has 1 aromatic heterocycles. The topological polar surface area (TPSA) is 101 Å². The maximum atomic E-state index is 12.2. The van der Waals surface area contributed by atoms with Crippen molar-refractivity contribution in [1.29, 1.82) is 0 Å². The summed E-state index contributed by atoms with van der Waals surface area (Å²) in [5.74, 6) is 0.534. The second-order valence-electron chi connectivity index (χ2n) is 3.67. The fraction of sp³-hybridized carbons (Fsp3) is 0.100. The summed E-state index contributed by atoms with van der Waals surface area (Å²) in [6.07, 6.45) is 3.18. The van der Waals surface area contributed by atoms with Crippen LogP contribution >= 0.6 is 31.9 Å². The maximum absolute atomic E-state index is 12.2. The lowest BCUT2D eigenvalue weighted by Gasteiger charge is -2.10. The molecular formula is C10H10Br2N4O2S. The third kappa shape index (κ3) is 3.35. The van der Waals surface area contributed by atoms with Crippen LogP contribution in [0.5, 0.6) is 0 Å². The molecule has 0 aliphatic heterocycles. The zero-order valence-corrected chi connectivity index (χ0v) is 13.5. The standard InChI is InChI=1S/C10H10Br2N4O2S/c11-7-3-6(13)4-8(12)10(7)19(17,18)16-5-9-14-1-2-15-9/h1-4,16H,5,13H2,(H,14,15). The molecule has 0 fully saturated rings.